The van der Waals surface area contributed by atoms with Gasteiger partial charge in [-0.1, -0.05) is 49.6 Å². The molecule has 1 saturated carbocycles. The van der Waals surface area contributed by atoms with Crippen molar-refractivity contribution < 1.29 is 0 Å². The maximum atomic E-state index is 6.66. The number of benzene rings is 1. The van der Waals surface area contributed by atoms with Crippen LogP contribution in [0.15, 0.2) is 30.3 Å². The Bertz CT molecular complexity index is 595. The molecule has 1 aliphatic rings. The molecular formula is C17H24N4. The largest absolute Gasteiger partial charge is 0.315 e. The molecule has 1 atom stereocenters. The van der Waals surface area contributed by atoms with Crippen molar-refractivity contribution in [3.05, 3.63) is 47.5 Å². The molecule has 4 heteroatoms. The molecule has 1 aromatic carbocycles. The van der Waals surface area contributed by atoms with Gasteiger partial charge in [-0.3, -0.25) is 0 Å². The van der Waals surface area contributed by atoms with E-state index in [1.54, 1.807) is 0 Å². The van der Waals surface area contributed by atoms with E-state index in [9.17, 15) is 0 Å². The van der Waals surface area contributed by atoms with E-state index in [0.717, 1.165) is 17.2 Å². The third-order valence-corrected chi connectivity index (χ3v) is 4.64. The summed E-state index contributed by atoms with van der Waals surface area (Å²) in [6.45, 7) is 4.07. The van der Waals surface area contributed by atoms with Gasteiger partial charge in [-0.25, -0.2) is 0 Å². The smallest absolute Gasteiger partial charge is 0.157 e. The van der Waals surface area contributed by atoms with Crippen LogP contribution in [0.2, 0.25) is 0 Å². The van der Waals surface area contributed by atoms with Crippen molar-refractivity contribution in [3.8, 4) is 0 Å². The summed E-state index contributed by atoms with van der Waals surface area (Å²) in [5.74, 6) is 1.86. The highest BCUT2D eigenvalue weighted by molar-refractivity contribution is 5.30. The van der Waals surface area contributed by atoms with Gasteiger partial charge < -0.3 is 10.3 Å². The predicted octanol–water partition coefficient (Wildman–Crippen LogP) is 3.31. The van der Waals surface area contributed by atoms with Crippen LogP contribution in [0, 0.1) is 6.92 Å². The maximum Gasteiger partial charge on any atom is 0.157 e. The zero-order valence-electron chi connectivity index (χ0n) is 12.9. The Kier molecular flexibility index (Phi) is 3.81. The van der Waals surface area contributed by atoms with Crippen molar-refractivity contribution in [2.24, 2.45) is 5.73 Å². The zero-order valence-corrected chi connectivity index (χ0v) is 12.9. The number of nitrogens with two attached hydrogens (primary N) is 1. The Morgan fingerprint density at radius 3 is 2.43 bits per heavy atom. The van der Waals surface area contributed by atoms with Gasteiger partial charge >= 0.3 is 0 Å². The summed E-state index contributed by atoms with van der Waals surface area (Å²) in [5, 5.41) is 8.74. The van der Waals surface area contributed by atoms with E-state index in [2.05, 4.69) is 26.9 Å². The molecule has 3 rings (SSSR count). The summed E-state index contributed by atoms with van der Waals surface area (Å²) in [5.41, 5.74) is 7.12. The first-order valence-corrected chi connectivity index (χ1v) is 7.87. The molecule has 21 heavy (non-hydrogen) atoms. The van der Waals surface area contributed by atoms with E-state index in [1.165, 1.54) is 32.1 Å². The highest BCUT2D eigenvalue weighted by Gasteiger charge is 2.33. The van der Waals surface area contributed by atoms with Crippen LogP contribution in [0.4, 0.5) is 0 Å². The lowest BCUT2D eigenvalue weighted by atomic mass is 9.90. The topological polar surface area (TPSA) is 56.7 Å². The lowest BCUT2D eigenvalue weighted by molar-refractivity contribution is 0.328. The number of aryl methyl sites for hydroxylation is 1. The summed E-state index contributed by atoms with van der Waals surface area (Å²) < 4.78 is 2.28. The number of nitrogens with zero attached hydrogens (tertiary/aromatic N) is 3. The van der Waals surface area contributed by atoms with Crippen LogP contribution in [0.1, 0.15) is 62.3 Å². The number of hydrogen-bond acceptors (Lipinski definition) is 3. The van der Waals surface area contributed by atoms with Crippen molar-refractivity contribution in [2.45, 2.75) is 57.5 Å². The van der Waals surface area contributed by atoms with Gasteiger partial charge in [-0.2, -0.15) is 0 Å². The van der Waals surface area contributed by atoms with Crippen molar-refractivity contribution in [2.75, 3.05) is 0 Å². The molecule has 0 aliphatic heterocycles. The number of aromatic nitrogens is 3. The van der Waals surface area contributed by atoms with Crippen LogP contribution in [-0.2, 0) is 5.54 Å². The summed E-state index contributed by atoms with van der Waals surface area (Å²) in [6.07, 6.45) is 6.32. The van der Waals surface area contributed by atoms with Crippen LogP contribution in [-0.4, -0.2) is 14.8 Å². The van der Waals surface area contributed by atoms with Crippen molar-refractivity contribution >= 4 is 0 Å². The zero-order chi connectivity index (χ0) is 14.9. The lowest BCUT2D eigenvalue weighted by Crippen LogP contribution is -2.38. The Labute approximate surface area is 126 Å². The Hall–Kier alpha value is -1.68. The third-order valence-electron chi connectivity index (χ3n) is 4.64. The first kappa shape index (κ1) is 14.3. The highest BCUT2D eigenvalue weighted by Crippen LogP contribution is 2.34. The molecule has 4 nitrogen and oxygen atoms in total. The normalized spacial score (nSPS) is 19.4. The summed E-state index contributed by atoms with van der Waals surface area (Å²) >= 11 is 0. The van der Waals surface area contributed by atoms with E-state index in [1.807, 2.05) is 32.0 Å². The van der Waals surface area contributed by atoms with Gasteiger partial charge in [-0.15, -0.1) is 10.2 Å². The fourth-order valence-corrected chi connectivity index (χ4v) is 3.41. The third kappa shape index (κ3) is 2.60. The Morgan fingerprint density at radius 2 is 1.76 bits per heavy atom. The van der Waals surface area contributed by atoms with Crippen LogP contribution >= 0.6 is 0 Å². The van der Waals surface area contributed by atoms with E-state index in [4.69, 9.17) is 5.73 Å². The summed E-state index contributed by atoms with van der Waals surface area (Å²) in [4.78, 5) is 0. The van der Waals surface area contributed by atoms with Gasteiger partial charge in [0.2, 0.25) is 0 Å². The molecule has 0 spiro atoms. The molecular weight excluding hydrogens is 260 g/mol. The number of hydrogen-bond donors (Lipinski definition) is 1. The molecule has 0 amide bonds. The monoisotopic (exact) mass is 284 g/mol. The Morgan fingerprint density at radius 1 is 1.10 bits per heavy atom. The minimum atomic E-state index is -0.611. The first-order chi connectivity index (χ1) is 10.1. The fraction of sp³-hybridized carbons (Fsp3) is 0.529. The average molecular weight is 284 g/mol. The van der Waals surface area contributed by atoms with Crippen LogP contribution in [0.5, 0.6) is 0 Å². The van der Waals surface area contributed by atoms with Gasteiger partial charge in [0.05, 0.1) is 5.54 Å². The van der Waals surface area contributed by atoms with E-state index < -0.39 is 5.54 Å². The first-order valence-electron chi connectivity index (χ1n) is 7.87. The van der Waals surface area contributed by atoms with Crippen molar-refractivity contribution in [3.63, 3.8) is 0 Å². The van der Waals surface area contributed by atoms with E-state index in [0.29, 0.717) is 6.04 Å². The maximum absolute atomic E-state index is 6.66. The number of rotatable bonds is 3. The molecule has 1 heterocycles. The average Bonchev–Trinajstić information content (AvgIpc) is 2.91. The predicted molar refractivity (Wildman–Crippen MR) is 84.0 cm³/mol. The quantitative estimate of drug-likeness (QED) is 0.940. The SMILES string of the molecule is Cc1nnc(C(C)(N)c2ccccc2)n1C1CCCCC1. The van der Waals surface area contributed by atoms with Crippen LogP contribution < -0.4 is 5.73 Å². The highest BCUT2D eigenvalue weighted by atomic mass is 15.3. The molecule has 0 bridgehead atoms. The van der Waals surface area contributed by atoms with Gasteiger partial charge in [-0.05, 0) is 32.3 Å². The molecule has 1 fully saturated rings. The second-order valence-electron chi connectivity index (χ2n) is 6.30. The van der Waals surface area contributed by atoms with Gasteiger partial charge in [0.25, 0.3) is 0 Å². The van der Waals surface area contributed by atoms with Gasteiger partial charge in [0.1, 0.15) is 5.82 Å². The minimum Gasteiger partial charge on any atom is -0.315 e. The summed E-state index contributed by atoms with van der Waals surface area (Å²) in [6, 6.07) is 10.7. The Balaban J connectivity index is 2.02. The minimum absolute atomic E-state index is 0.496. The molecule has 1 aromatic heterocycles. The summed E-state index contributed by atoms with van der Waals surface area (Å²) in [7, 11) is 0. The molecule has 1 aliphatic carbocycles. The van der Waals surface area contributed by atoms with Crippen LogP contribution in [0.25, 0.3) is 0 Å². The van der Waals surface area contributed by atoms with E-state index >= 15 is 0 Å². The molecule has 2 aromatic rings. The van der Waals surface area contributed by atoms with Crippen molar-refractivity contribution in [1.82, 2.24) is 14.8 Å². The second kappa shape index (κ2) is 5.60. The van der Waals surface area contributed by atoms with E-state index in [-0.39, 0.29) is 0 Å². The second-order valence-corrected chi connectivity index (χ2v) is 6.30. The molecule has 1 unspecified atom stereocenters. The molecule has 2 N–H and O–H groups in total. The standard InChI is InChI=1S/C17H24N4/c1-13-19-20-16(21(13)15-11-7-4-8-12-15)17(2,18)14-9-5-3-6-10-14/h3,5-6,9-10,15H,4,7-8,11-12,18H2,1-2H3. The lowest BCUT2D eigenvalue weighted by Gasteiger charge is -2.31. The van der Waals surface area contributed by atoms with Crippen LogP contribution in [0.3, 0.4) is 0 Å². The molecule has 112 valence electrons. The van der Waals surface area contributed by atoms with Gasteiger partial charge in [0.15, 0.2) is 5.82 Å². The molecule has 0 radical (unpaired) electrons. The van der Waals surface area contributed by atoms with Crippen molar-refractivity contribution in [1.29, 1.82) is 0 Å². The fourth-order valence-electron chi connectivity index (χ4n) is 3.41. The van der Waals surface area contributed by atoms with Gasteiger partial charge in [0, 0.05) is 6.04 Å². The molecule has 0 saturated heterocycles.